The van der Waals surface area contributed by atoms with Crippen molar-refractivity contribution in [2.45, 2.75) is 0 Å². The fraction of sp³-hybridized carbons (Fsp3) is 0. The van der Waals surface area contributed by atoms with Gasteiger partial charge in [0.2, 0.25) is 0 Å². The molecule has 0 unspecified atom stereocenters. The van der Waals surface area contributed by atoms with Crippen LogP contribution in [0.25, 0.3) is 0 Å². The van der Waals surface area contributed by atoms with E-state index in [0.29, 0.717) is 0 Å². The molecule has 0 bridgehead atoms. The van der Waals surface area contributed by atoms with Crippen LogP contribution in [0, 0.1) is 0 Å². The van der Waals surface area contributed by atoms with Crippen molar-refractivity contribution in [3.63, 3.8) is 0 Å². The Hall–Kier alpha value is -1.31. The Bertz CT molecular complexity index is 191. The molecule has 0 aromatic heterocycles. The van der Waals surface area contributed by atoms with Crippen LogP contribution in [-0.4, -0.2) is 6.21 Å². The molecule has 0 amide bonds. The Balaban J connectivity index is 2.85. The summed E-state index contributed by atoms with van der Waals surface area (Å²) in [7, 11) is 0. The van der Waals surface area contributed by atoms with E-state index in [9.17, 15) is 0 Å². The first-order valence-corrected chi connectivity index (χ1v) is 2.68. The Kier molecular flexibility index (Phi) is 1.85. The zero-order valence-electron chi connectivity index (χ0n) is 4.91. The predicted molar refractivity (Wildman–Crippen MR) is 37.1 cm³/mol. The van der Waals surface area contributed by atoms with Crippen LogP contribution in [0.15, 0.2) is 35.4 Å². The minimum Gasteiger partial charge on any atom is -0.205 e. The van der Waals surface area contributed by atoms with Gasteiger partial charge in [-0.25, -0.2) is 5.84 Å². The van der Waals surface area contributed by atoms with E-state index in [1.807, 2.05) is 30.3 Å². The summed E-state index contributed by atoms with van der Waals surface area (Å²) in [6, 6.07) is 9.56. The minimum atomic E-state index is 0.965. The molecule has 0 heterocycles. The van der Waals surface area contributed by atoms with Gasteiger partial charge >= 0.3 is 0 Å². The maximum Gasteiger partial charge on any atom is 0.0561 e. The van der Waals surface area contributed by atoms with E-state index in [1.54, 1.807) is 0 Å². The maximum absolute atomic E-state index is 6.51. The number of rotatable bonds is 1. The van der Waals surface area contributed by atoms with E-state index in [4.69, 9.17) is 5.84 Å². The molecule has 1 radical (unpaired) electrons. The molecule has 2 nitrogen and oxygen atoms in total. The second-order valence-corrected chi connectivity index (χ2v) is 1.67. The molecule has 0 atom stereocenters. The quantitative estimate of drug-likeness (QED) is 0.394. The number of hydrogen-bond acceptors (Lipinski definition) is 1. The zero-order valence-corrected chi connectivity index (χ0v) is 4.91. The lowest BCUT2D eigenvalue weighted by atomic mass is 10.2. The predicted octanol–water partition coefficient (Wildman–Crippen LogP) is 1.30. The van der Waals surface area contributed by atoms with E-state index in [2.05, 4.69) is 5.10 Å². The van der Waals surface area contributed by atoms with Crippen molar-refractivity contribution >= 4 is 6.21 Å². The molecule has 0 aliphatic carbocycles. The largest absolute Gasteiger partial charge is 0.205 e. The standard InChI is InChI=1S/C7H7N2/c8-9-6-7-4-2-1-3-5-7/h1-6,8H. The molecule has 0 saturated carbocycles. The molecule has 1 rings (SSSR count). The topological polar surface area (TPSA) is 36.2 Å². The molecule has 0 fully saturated rings. The molecular formula is C7H7N2. The molecule has 0 spiro atoms. The van der Waals surface area contributed by atoms with Gasteiger partial charge in [-0.15, -0.1) is 0 Å². The third-order valence-corrected chi connectivity index (χ3v) is 1.01. The first-order chi connectivity index (χ1) is 4.43. The molecule has 1 N–H and O–H groups in total. The second-order valence-electron chi connectivity index (χ2n) is 1.67. The second kappa shape index (κ2) is 2.87. The van der Waals surface area contributed by atoms with Crippen LogP contribution in [0.3, 0.4) is 0 Å². The van der Waals surface area contributed by atoms with Crippen LogP contribution in [0.4, 0.5) is 0 Å². The fourth-order valence-electron chi connectivity index (χ4n) is 0.614. The molecule has 1 aromatic carbocycles. The molecule has 45 valence electrons. The average Bonchev–Trinajstić information content (AvgIpc) is 1.91. The van der Waals surface area contributed by atoms with E-state index >= 15 is 0 Å². The van der Waals surface area contributed by atoms with Gasteiger partial charge in [-0.05, 0) is 5.56 Å². The lowest BCUT2D eigenvalue weighted by molar-refractivity contribution is 1.20. The zero-order chi connectivity index (χ0) is 6.53. The molecule has 0 aliphatic rings. The van der Waals surface area contributed by atoms with Gasteiger partial charge in [-0.1, -0.05) is 30.3 Å². The van der Waals surface area contributed by atoms with Crippen molar-refractivity contribution in [3.05, 3.63) is 35.9 Å². The summed E-state index contributed by atoms with van der Waals surface area (Å²) in [6.07, 6.45) is 1.50. The number of nitrogens with one attached hydrogen (secondary N) is 1. The van der Waals surface area contributed by atoms with Crippen LogP contribution < -0.4 is 5.84 Å². The lowest BCUT2D eigenvalue weighted by Crippen LogP contribution is -1.77. The smallest absolute Gasteiger partial charge is 0.0561 e. The Morgan fingerprint density at radius 2 is 1.89 bits per heavy atom. The Labute approximate surface area is 54.0 Å². The SMILES string of the molecule is [NH]N=Cc1ccccc1. The molecule has 2 heteroatoms. The summed E-state index contributed by atoms with van der Waals surface area (Å²) in [6.45, 7) is 0. The summed E-state index contributed by atoms with van der Waals surface area (Å²) in [4.78, 5) is 0. The van der Waals surface area contributed by atoms with Crippen LogP contribution >= 0.6 is 0 Å². The Morgan fingerprint density at radius 3 is 2.44 bits per heavy atom. The van der Waals surface area contributed by atoms with Crippen LogP contribution in [0.2, 0.25) is 0 Å². The number of benzene rings is 1. The highest BCUT2D eigenvalue weighted by Gasteiger charge is 1.79. The van der Waals surface area contributed by atoms with Crippen LogP contribution in [0.1, 0.15) is 5.56 Å². The molecule has 0 aliphatic heterocycles. The van der Waals surface area contributed by atoms with E-state index in [1.165, 1.54) is 6.21 Å². The summed E-state index contributed by atoms with van der Waals surface area (Å²) in [5, 5.41) is 3.13. The third-order valence-electron chi connectivity index (χ3n) is 1.01. The number of hydrogen-bond donors (Lipinski definition) is 0. The Morgan fingerprint density at radius 1 is 1.22 bits per heavy atom. The van der Waals surface area contributed by atoms with Gasteiger partial charge in [0.15, 0.2) is 0 Å². The van der Waals surface area contributed by atoms with Crippen molar-refractivity contribution in [2.75, 3.05) is 0 Å². The first-order valence-electron chi connectivity index (χ1n) is 2.68. The van der Waals surface area contributed by atoms with Gasteiger partial charge in [0, 0.05) is 0 Å². The third kappa shape index (κ3) is 1.57. The van der Waals surface area contributed by atoms with Gasteiger partial charge in [0.1, 0.15) is 0 Å². The van der Waals surface area contributed by atoms with Crippen molar-refractivity contribution in [3.8, 4) is 0 Å². The normalized spacial score (nSPS) is 10.2. The van der Waals surface area contributed by atoms with Crippen molar-refractivity contribution in [1.82, 2.24) is 5.84 Å². The van der Waals surface area contributed by atoms with Gasteiger partial charge < -0.3 is 0 Å². The van der Waals surface area contributed by atoms with Crippen molar-refractivity contribution < 1.29 is 0 Å². The average molecular weight is 119 g/mol. The van der Waals surface area contributed by atoms with Crippen molar-refractivity contribution in [2.24, 2.45) is 5.10 Å². The molecule has 9 heavy (non-hydrogen) atoms. The van der Waals surface area contributed by atoms with Gasteiger partial charge in [-0.3, -0.25) is 0 Å². The number of nitrogens with zero attached hydrogens (tertiary/aromatic N) is 1. The van der Waals surface area contributed by atoms with Gasteiger partial charge in [-0.2, -0.15) is 5.10 Å². The van der Waals surface area contributed by atoms with E-state index < -0.39 is 0 Å². The highest BCUT2D eigenvalue weighted by atomic mass is 15.1. The maximum atomic E-state index is 6.51. The van der Waals surface area contributed by atoms with Crippen molar-refractivity contribution in [1.29, 1.82) is 0 Å². The highest BCUT2D eigenvalue weighted by molar-refractivity contribution is 5.78. The molecule has 0 saturated heterocycles. The molecule has 1 aromatic rings. The fourth-order valence-corrected chi connectivity index (χ4v) is 0.614. The summed E-state index contributed by atoms with van der Waals surface area (Å²) in [5.41, 5.74) is 0.965. The van der Waals surface area contributed by atoms with Crippen LogP contribution in [0.5, 0.6) is 0 Å². The summed E-state index contributed by atoms with van der Waals surface area (Å²) in [5.74, 6) is 6.51. The monoisotopic (exact) mass is 119 g/mol. The first kappa shape index (κ1) is 5.82. The molecular weight excluding hydrogens is 112 g/mol. The van der Waals surface area contributed by atoms with Gasteiger partial charge in [0.25, 0.3) is 0 Å². The summed E-state index contributed by atoms with van der Waals surface area (Å²) >= 11 is 0. The summed E-state index contributed by atoms with van der Waals surface area (Å²) < 4.78 is 0. The highest BCUT2D eigenvalue weighted by Crippen LogP contribution is 1.92. The minimum absolute atomic E-state index is 0.965. The van der Waals surface area contributed by atoms with Gasteiger partial charge in [0.05, 0.1) is 6.21 Å². The van der Waals surface area contributed by atoms with Crippen LogP contribution in [-0.2, 0) is 0 Å². The van der Waals surface area contributed by atoms with E-state index in [0.717, 1.165) is 5.56 Å². The lowest BCUT2D eigenvalue weighted by Gasteiger charge is -1.85. The van der Waals surface area contributed by atoms with E-state index in [-0.39, 0.29) is 0 Å².